The highest BCUT2D eigenvalue weighted by molar-refractivity contribution is 7.89. The molecule has 3 rings (SSSR count). The summed E-state index contributed by atoms with van der Waals surface area (Å²) in [5.41, 5.74) is 7.21. The average Bonchev–Trinajstić information content (AvgIpc) is 2.77. The van der Waals surface area contributed by atoms with Crippen LogP contribution in [0.5, 0.6) is 5.75 Å². The van der Waals surface area contributed by atoms with Gasteiger partial charge in [0.25, 0.3) is 0 Å². The molecule has 3 aromatic carbocycles. The lowest BCUT2D eigenvalue weighted by Gasteiger charge is -2.20. The van der Waals surface area contributed by atoms with Crippen molar-refractivity contribution >= 4 is 20.8 Å². The number of fused-ring (bicyclic) bond motifs is 1. The highest BCUT2D eigenvalue weighted by Crippen LogP contribution is 2.26. The van der Waals surface area contributed by atoms with E-state index in [0.717, 1.165) is 10.9 Å². The molecule has 0 saturated heterocycles. The van der Waals surface area contributed by atoms with Gasteiger partial charge in [-0.2, -0.15) is 0 Å². The lowest BCUT2D eigenvalue weighted by Crippen LogP contribution is -2.38. The fraction of sp³-hybridized carbons (Fsp3) is 0.333. The molecule has 0 fully saturated rings. The topological polar surface area (TPSA) is 90.7 Å². The Morgan fingerprint density at radius 2 is 1.68 bits per heavy atom. The normalized spacial score (nSPS) is 13.2. The molecule has 184 valence electrons. The summed E-state index contributed by atoms with van der Waals surface area (Å²) in [7, 11) is -3.85. The third-order valence-electron chi connectivity index (χ3n) is 5.21. The van der Waals surface area contributed by atoms with E-state index in [1.165, 1.54) is 24.3 Å². The van der Waals surface area contributed by atoms with Crippen LogP contribution in [0.3, 0.4) is 0 Å². The van der Waals surface area contributed by atoms with E-state index in [0.29, 0.717) is 30.3 Å². The summed E-state index contributed by atoms with van der Waals surface area (Å²) in [5, 5.41) is 1.49. The predicted octanol–water partition coefficient (Wildman–Crippen LogP) is 4.65. The molecule has 0 aromatic heterocycles. The molecule has 10 heteroatoms. The zero-order valence-corrected chi connectivity index (χ0v) is 19.5. The van der Waals surface area contributed by atoms with Gasteiger partial charge in [-0.05, 0) is 61.0 Å². The molecule has 0 radical (unpaired) electrons. The Kier molecular flexibility index (Phi) is 8.53. The molecule has 6 nitrogen and oxygen atoms in total. The van der Waals surface area contributed by atoms with Gasteiger partial charge in [0.1, 0.15) is 5.75 Å². The van der Waals surface area contributed by atoms with Crippen LogP contribution >= 0.6 is 0 Å². The summed E-state index contributed by atoms with van der Waals surface area (Å²) in [6.07, 6.45) is -3.69. The number of aryl methyl sites for hydroxylation is 1. The van der Waals surface area contributed by atoms with Crippen molar-refractivity contribution in [2.75, 3.05) is 13.2 Å². The van der Waals surface area contributed by atoms with Gasteiger partial charge >= 0.3 is 6.36 Å². The van der Waals surface area contributed by atoms with Crippen LogP contribution in [0.25, 0.3) is 10.8 Å². The molecule has 0 heterocycles. The van der Waals surface area contributed by atoms with Crippen LogP contribution < -0.4 is 15.2 Å². The minimum atomic E-state index is -4.76. The molecule has 0 bridgehead atoms. The Bertz CT molecular complexity index is 1200. The number of benzene rings is 3. The van der Waals surface area contributed by atoms with Crippen LogP contribution in [0, 0.1) is 6.92 Å². The average molecular weight is 497 g/mol. The van der Waals surface area contributed by atoms with Crippen molar-refractivity contribution < 1.29 is 31.1 Å². The van der Waals surface area contributed by atoms with Crippen LogP contribution in [0.1, 0.15) is 24.0 Å². The second-order valence-corrected chi connectivity index (χ2v) is 9.56. The minimum absolute atomic E-state index is 0.0732. The van der Waals surface area contributed by atoms with E-state index in [1.807, 2.05) is 19.1 Å². The number of sulfonamides is 1. The van der Waals surface area contributed by atoms with Crippen molar-refractivity contribution in [3.8, 4) is 5.75 Å². The number of alkyl halides is 3. The van der Waals surface area contributed by atoms with Crippen molar-refractivity contribution in [3.05, 3.63) is 71.8 Å². The number of nitrogens with one attached hydrogen (secondary N) is 1. The van der Waals surface area contributed by atoms with Gasteiger partial charge in [-0.15, -0.1) is 13.2 Å². The van der Waals surface area contributed by atoms with E-state index in [-0.39, 0.29) is 23.9 Å². The number of rotatable bonds is 11. The second-order valence-electron chi connectivity index (χ2n) is 7.88. The van der Waals surface area contributed by atoms with Crippen molar-refractivity contribution in [2.24, 2.45) is 5.73 Å². The molecule has 0 spiro atoms. The Labute approximate surface area is 196 Å². The number of hydrogen-bond donors (Lipinski definition) is 2. The SMILES string of the molecule is Cc1ccc(S(=O)(=O)N[C@@H](CCCN)COCc2ccc(OC(F)(F)F)cc2)c2ccccc12. The summed E-state index contributed by atoms with van der Waals surface area (Å²) in [6, 6.07) is 15.4. The summed E-state index contributed by atoms with van der Waals surface area (Å²) in [4.78, 5) is 0.187. The van der Waals surface area contributed by atoms with Gasteiger partial charge in [-0.3, -0.25) is 0 Å². The highest BCUT2D eigenvalue weighted by atomic mass is 32.2. The van der Waals surface area contributed by atoms with Crippen LogP contribution in [-0.4, -0.2) is 34.0 Å². The fourth-order valence-corrected chi connectivity index (χ4v) is 5.05. The Morgan fingerprint density at radius 3 is 2.32 bits per heavy atom. The molecule has 34 heavy (non-hydrogen) atoms. The molecule has 0 unspecified atom stereocenters. The van der Waals surface area contributed by atoms with Gasteiger partial charge in [0, 0.05) is 11.4 Å². The first-order valence-electron chi connectivity index (χ1n) is 10.7. The number of nitrogens with two attached hydrogens (primary N) is 1. The quantitative estimate of drug-likeness (QED) is 0.403. The summed E-state index contributed by atoms with van der Waals surface area (Å²) < 4.78 is 75.5. The van der Waals surface area contributed by atoms with E-state index < -0.39 is 22.4 Å². The van der Waals surface area contributed by atoms with Crippen LogP contribution in [-0.2, 0) is 21.4 Å². The van der Waals surface area contributed by atoms with E-state index in [9.17, 15) is 21.6 Å². The summed E-state index contributed by atoms with van der Waals surface area (Å²) in [5.74, 6) is -0.324. The third-order valence-corrected chi connectivity index (χ3v) is 6.79. The monoisotopic (exact) mass is 496 g/mol. The Balaban J connectivity index is 1.67. The Morgan fingerprint density at radius 1 is 1.00 bits per heavy atom. The van der Waals surface area contributed by atoms with Crippen molar-refractivity contribution in [1.29, 1.82) is 0 Å². The molecule has 0 saturated carbocycles. The second kappa shape index (κ2) is 11.2. The van der Waals surface area contributed by atoms with Crippen molar-refractivity contribution in [1.82, 2.24) is 4.72 Å². The van der Waals surface area contributed by atoms with Gasteiger partial charge in [-0.25, -0.2) is 13.1 Å². The van der Waals surface area contributed by atoms with Crippen LogP contribution in [0.2, 0.25) is 0 Å². The van der Waals surface area contributed by atoms with Crippen molar-refractivity contribution in [2.45, 2.75) is 43.7 Å². The largest absolute Gasteiger partial charge is 0.573 e. The zero-order valence-electron chi connectivity index (χ0n) is 18.6. The molecular formula is C24H27F3N2O4S. The maximum atomic E-state index is 13.2. The maximum absolute atomic E-state index is 13.2. The first-order chi connectivity index (χ1) is 16.1. The highest BCUT2D eigenvalue weighted by Gasteiger charge is 2.31. The Hall–Kier alpha value is -2.66. The molecule has 1 atom stereocenters. The zero-order chi connectivity index (χ0) is 24.8. The standard InChI is InChI=1S/C24H27F3N2O4S/c1-17-8-13-23(22-7-3-2-6-21(17)22)34(30,31)29-19(5-4-14-28)16-32-15-18-9-11-20(12-10-18)33-24(25,26)27/h2-3,6-13,19,29H,4-5,14-16,28H2,1H3/t19-/m0/s1. The molecule has 0 amide bonds. The van der Waals surface area contributed by atoms with E-state index in [2.05, 4.69) is 9.46 Å². The van der Waals surface area contributed by atoms with E-state index in [4.69, 9.17) is 10.5 Å². The fourth-order valence-electron chi connectivity index (χ4n) is 3.59. The molecule has 3 aromatic rings. The predicted molar refractivity (Wildman–Crippen MR) is 124 cm³/mol. The van der Waals surface area contributed by atoms with Crippen molar-refractivity contribution in [3.63, 3.8) is 0 Å². The minimum Gasteiger partial charge on any atom is -0.406 e. The number of hydrogen-bond acceptors (Lipinski definition) is 5. The van der Waals surface area contributed by atoms with Crippen LogP contribution in [0.4, 0.5) is 13.2 Å². The van der Waals surface area contributed by atoms with Gasteiger partial charge in [0.2, 0.25) is 10.0 Å². The van der Waals surface area contributed by atoms with Gasteiger partial charge in [-0.1, -0.05) is 42.5 Å². The van der Waals surface area contributed by atoms with Gasteiger partial charge in [0.15, 0.2) is 0 Å². The lowest BCUT2D eigenvalue weighted by atomic mass is 10.1. The molecule has 3 N–H and O–H groups in total. The molecule has 0 aliphatic rings. The van der Waals surface area contributed by atoms with Crippen LogP contribution in [0.15, 0.2) is 65.6 Å². The molecule has 0 aliphatic carbocycles. The third kappa shape index (κ3) is 7.17. The molecule has 0 aliphatic heterocycles. The number of ether oxygens (including phenoxy) is 2. The lowest BCUT2D eigenvalue weighted by molar-refractivity contribution is -0.274. The maximum Gasteiger partial charge on any atom is 0.573 e. The summed E-state index contributed by atoms with van der Waals surface area (Å²) in [6.45, 7) is 2.49. The number of halogens is 3. The first-order valence-corrected chi connectivity index (χ1v) is 12.2. The first kappa shape index (κ1) is 26.0. The van der Waals surface area contributed by atoms with E-state index in [1.54, 1.807) is 24.3 Å². The molecular weight excluding hydrogens is 469 g/mol. The van der Waals surface area contributed by atoms with Gasteiger partial charge < -0.3 is 15.2 Å². The summed E-state index contributed by atoms with van der Waals surface area (Å²) >= 11 is 0. The smallest absolute Gasteiger partial charge is 0.406 e. The van der Waals surface area contributed by atoms with Gasteiger partial charge in [0.05, 0.1) is 18.1 Å². The van der Waals surface area contributed by atoms with E-state index >= 15 is 0 Å².